The minimum Gasteiger partial charge on any atom is -0.376 e. The highest BCUT2D eigenvalue weighted by Gasteiger charge is 2.37. The molecule has 0 aromatic carbocycles. The molecule has 4 heterocycles. The van der Waals surface area contributed by atoms with Crippen LogP contribution in [-0.2, 0) is 21.0 Å². The summed E-state index contributed by atoms with van der Waals surface area (Å²) in [7, 11) is 0. The molecule has 152 valence electrons. The van der Waals surface area contributed by atoms with Crippen LogP contribution in [0.2, 0.25) is 0 Å². The van der Waals surface area contributed by atoms with Crippen LogP contribution in [0.25, 0.3) is 22.2 Å². The van der Waals surface area contributed by atoms with E-state index >= 15 is 0 Å². The lowest BCUT2D eigenvalue weighted by atomic mass is 10.0. The zero-order valence-electron chi connectivity index (χ0n) is 16.6. The summed E-state index contributed by atoms with van der Waals surface area (Å²) >= 11 is 0. The topological polar surface area (TPSA) is 81.9 Å². The first-order valence-electron chi connectivity index (χ1n) is 9.18. The SMILES string of the molecule is CC(=O)Nc1cc2c(-c3cc(C)nc(C(C)(F)F)n3)cn(C3(C)COC3)c2cn1. The van der Waals surface area contributed by atoms with Crippen LogP contribution in [0.4, 0.5) is 14.6 Å². The predicted molar refractivity (Wildman–Crippen MR) is 104 cm³/mol. The predicted octanol–water partition coefficient (Wildman–Crippen LogP) is 3.62. The summed E-state index contributed by atoms with van der Waals surface area (Å²) < 4.78 is 35.2. The van der Waals surface area contributed by atoms with Gasteiger partial charge in [-0.25, -0.2) is 15.0 Å². The Morgan fingerprint density at radius 2 is 2.03 bits per heavy atom. The summed E-state index contributed by atoms with van der Waals surface area (Å²) in [5.41, 5.74) is 2.04. The number of carbonyl (C=O) groups excluding carboxylic acids is 1. The number of aromatic nitrogens is 4. The third kappa shape index (κ3) is 3.46. The monoisotopic (exact) mass is 401 g/mol. The van der Waals surface area contributed by atoms with Gasteiger partial charge in [0.15, 0.2) is 5.82 Å². The number of hydrogen-bond donors (Lipinski definition) is 1. The number of pyridine rings is 1. The maximum Gasteiger partial charge on any atom is 0.303 e. The minimum atomic E-state index is -3.16. The summed E-state index contributed by atoms with van der Waals surface area (Å²) in [6.45, 7) is 6.95. The second-order valence-electron chi connectivity index (χ2n) is 7.78. The lowest BCUT2D eigenvalue weighted by Crippen LogP contribution is -2.48. The molecule has 0 spiro atoms. The van der Waals surface area contributed by atoms with E-state index in [1.165, 1.54) is 6.92 Å². The number of anilines is 1. The van der Waals surface area contributed by atoms with Gasteiger partial charge < -0.3 is 14.6 Å². The standard InChI is InChI=1S/C20H21F2N5O2/c1-11-5-15(26-18(24-11)20(4,21)22)14-8-27(19(3)9-29-10-19)16-7-23-17(6-13(14)16)25-12(2)28/h5-8H,9-10H2,1-4H3,(H,23,25,28). The van der Waals surface area contributed by atoms with Crippen LogP contribution in [-0.4, -0.2) is 38.6 Å². The summed E-state index contributed by atoms with van der Waals surface area (Å²) in [6, 6.07) is 3.40. The average molecular weight is 401 g/mol. The number of amides is 1. The summed E-state index contributed by atoms with van der Waals surface area (Å²) in [5.74, 6) is -3.55. The molecule has 29 heavy (non-hydrogen) atoms. The van der Waals surface area contributed by atoms with Crippen molar-refractivity contribution in [3.8, 4) is 11.3 Å². The van der Waals surface area contributed by atoms with Gasteiger partial charge in [0.2, 0.25) is 5.91 Å². The van der Waals surface area contributed by atoms with Crippen molar-refractivity contribution < 1.29 is 18.3 Å². The maximum absolute atomic E-state index is 13.9. The fourth-order valence-electron chi connectivity index (χ4n) is 3.46. The first-order valence-corrected chi connectivity index (χ1v) is 9.18. The maximum atomic E-state index is 13.9. The molecule has 1 aliphatic heterocycles. The Kier molecular flexibility index (Phi) is 4.38. The van der Waals surface area contributed by atoms with E-state index in [2.05, 4.69) is 27.2 Å². The van der Waals surface area contributed by atoms with Crippen molar-refractivity contribution in [3.05, 3.63) is 36.0 Å². The summed E-state index contributed by atoms with van der Waals surface area (Å²) in [5, 5.41) is 3.41. The number of aryl methyl sites for hydroxylation is 1. The zero-order valence-corrected chi connectivity index (χ0v) is 16.6. The molecule has 7 nitrogen and oxygen atoms in total. The van der Waals surface area contributed by atoms with Gasteiger partial charge in [0, 0.05) is 36.7 Å². The van der Waals surface area contributed by atoms with Gasteiger partial charge in [0.1, 0.15) is 5.82 Å². The average Bonchev–Trinajstić information content (AvgIpc) is 2.97. The Morgan fingerprint density at radius 3 is 2.62 bits per heavy atom. The Balaban J connectivity index is 1.96. The van der Waals surface area contributed by atoms with Crippen molar-refractivity contribution in [2.24, 2.45) is 0 Å². The first kappa shape index (κ1) is 19.4. The quantitative estimate of drug-likeness (QED) is 0.722. The molecule has 1 saturated heterocycles. The van der Waals surface area contributed by atoms with Gasteiger partial charge in [0.05, 0.1) is 36.2 Å². The van der Waals surface area contributed by atoms with Gasteiger partial charge >= 0.3 is 5.92 Å². The number of fused-ring (bicyclic) bond motifs is 1. The molecule has 1 N–H and O–H groups in total. The molecule has 1 aliphatic rings. The normalized spacial score (nSPS) is 15.9. The van der Waals surface area contributed by atoms with Crippen LogP contribution in [0.3, 0.4) is 0 Å². The molecule has 0 saturated carbocycles. The smallest absolute Gasteiger partial charge is 0.303 e. The summed E-state index contributed by atoms with van der Waals surface area (Å²) in [4.78, 5) is 23.8. The Morgan fingerprint density at radius 1 is 1.31 bits per heavy atom. The van der Waals surface area contributed by atoms with E-state index < -0.39 is 11.7 Å². The lowest BCUT2D eigenvalue weighted by Gasteiger charge is -2.40. The zero-order chi connectivity index (χ0) is 21.0. The largest absolute Gasteiger partial charge is 0.376 e. The number of ether oxygens (including phenoxy) is 1. The number of carbonyl (C=O) groups is 1. The van der Waals surface area contributed by atoms with Gasteiger partial charge in [-0.3, -0.25) is 4.79 Å². The van der Waals surface area contributed by atoms with Crippen molar-refractivity contribution in [1.29, 1.82) is 0 Å². The van der Waals surface area contributed by atoms with Gasteiger partial charge in [-0.15, -0.1) is 0 Å². The molecule has 1 fully saturated rings. The van der Waals surface area contributed by atoms with Gasteiger partial charge in [-0.2, -0.15) is 8.78 Å². The third-order valence-corrected chi connectivity index (χ3v) is 4.93. The van der Waals surface area contributed by atoms with Crippen LogP contribution in [0.15, 0.2) is 24.5 Å². The fraction of sp³-hybridized carbons (Fsp3) is 0.400. The molecular weight excluding hydrogens is 380 g/mol. The van der Waals surface area contributed by atoms with Crippen molar-refractivity contribution >= 4 is 22.6 Å². The van der Waals surface area contributed by atoms with Gasteiger partial charge in [0.25, 0.3) is 0 Å². The number of nitrogens with zero attached hydrogens (tertiary/aromatic N) is 4. The number of nitrogens with one attached hydrogen (secondary N) is 1. The van der Waals surface area contributed by atoms with Crippen molar-refractivity contribution in [1.82, 2.24) is 19.5 Å². The molecule has 0 aliphatic carbocycles. The highest BCUT2D eigenvalue weighted by atomic mass is 19.3. The molecule has 0 atom stereocenters. The van der Waals surface area contributed by atoms with E-state index in [1.54, 1.807) is 25.3 Å². The van der Waals surface area contributed by atoms with Gasteiger partial charge in [-0.1, -0.05) is 0 Å². The molecule has 9 heteroatoms. The molecule has 0 radical (unpaired) electrons. The molecule has 3 aromatic heterocycles. The second-order valence-corrected chi connectivity index (χ2v) is 7.78. The number of hydrogen-bond acceptors (Lipinski definition) is 5. The van der Waals surface area contributed by atoms with Crippen LogP contribution < -0.4 is 5.32 Å². The highest BCUT2D eigenvalue weighted by molar-refractivity contribution is 5.98. The molecular formula is C20H21F2N5O2. The van der Waals surface area contributed by atoms with E-state index in [4.69, 9.17) is 4.74 Å². The Labute approximate surface area is 166 Å². The van der Waals surface area contributed by atoms with Crippen LogP contribution in [0, 0.1) is 6.92 Å². The van der Waals surface area contributed by atoms with Gasteiger partial charge in [-0.05, 0) is 26.0 Å². The van der Waals surface area contributed by atoms with E-state index in [-0.39, 0.29) is 11.4 Å². The minimum absolute atomic E-state index is 0.247. The van der Waals surface area contributed by atoms with E-state index in [0.717, 1.165) is 17.8 Å². The molecule has 1 amide bonds. The lowest BCUT2D eigenvalue weighted by molar-refractivity contribution is -0.114. The van der Waals surface area contributed by atoms with E-state index in [0.29, 0.717) is 36.0 Å². The van der Waals surface area contributed by atoms with Crippen molar-refractivity contribution in [3.63, 3.8) is 0 Å². The van der Waals surface area contributed by atoms with Crippen LogP contribution >= 0.6 is 0 Å². The first-order chi connectivity index (χ1) is 13.6. The molecule has 0 bridgehead atoms. The van der Waals surface area contributed by atoms with Crippen LogP contribution in [0.1, 0.15) is 32.3 Å². The van der Waals surface area contributed by atoms with E-state index in [1.807, 2.05) is 10.8 Å². The Bertz CT molecular complexity index is 1120. The number of rotatable bonds is 4. The van der Waals surface area contributed by atoms with E-state index in [9.17, 15) is 13.6 Å². The molecule has 0 unspecified atom stereocenters. The Hall–Kier alpha value is -2.94. The highest BCUT2D eigenvalue weighted by Crippen LogP contribution is 2.38. The third-order valence-electron chi connectivity index (χ3n) is 4.93. The molecule has 4 rings (SSSR count). The van der Waals surface area contributed by atoms with Crippen molar-refractivity contribution in [2.45, 2.75) is 39.2 Å². The molecule has 3 aromatic rings. The van der Waals surface area contributed by atoms with Crippen molar-refractivity contribution in [2.75, 3.05) is 18.5 Å². The summed E-state index contributed by atoms with van der Waals surface area (Å²) in [6.07, 6.45) is 3.54. The second kappa shape index (κ2) is 6.55. The fourth-order valence-corrected chi connectivity index (χ4v) is 3.46. The van der Waals surface area contributed by atoms with Crippen LogP contribution in [0.5, 0.6) is 0 Å². The number of halogens is 2. The number of alkyl halides is 2.